The van der Waals surface area contributed by atoms with Gasteiger partial charge in [0.15, 0.2) is 9.84 Å². The molecule has 27 heavy (non-hydrogen) atoms. The van der Waals surface area contributed by atoms with E-state index in [0.29, 0.717) is 13.0 Å². The second-order valence-corrected chi connectivity index (χ2v) is 11.8. The van der Waals surface area contributed by atoms with Crippen LogP contribution in [0.2, 0.25) is 0 Å². The molecule has 0 aliphatic carbocycles. The number of aliphatic hydroxyl groups excluding tert-OH is 1. The van der Waals surface area contributed by atoms with Gasteiger partial charge in [0.25, 0.3) is 0 Å². The second kappa shape index (κ2) is 8.50. The summed E-state index contributed by atoms with van der Waals surface area (Å²) < 4.78 is 28.6. The van der Waals surface area contributed by atoms with Gasteiger partial charge in [0.1, 0.15) is 18.5 Å². The molecule has 5 nitrogen and oxygen atoms in total. The normalized spacial score (nSPS) is 21.2. The molecule has 0 unspecified atom stereocenters. The third kappa shape index (κ3) is 7.43. The monoisotopic (exact) mass is 397 g/mol. The molecule has 1 fully saturated rings. The van der Waals surface area contributed by atoms with Crippen molar-refractivity contribution in [3.8, 4) is 5.75 Å². The number of ether oxygens (including phenoxy) is 1. The summed E-state index contributed by atoms with van der Waals surface area (Å²) in [4.78, 5) is 0. The quantitative estimate of drug-likeness (QED) is 0.705. The van der Waals surface area contributed by atoms with E-state index < -0.39 is 15.9 Å². The van der Waals surface area contributed by atoms with Gasteiger partial charge in [-0.3, -0.25) is 0 Å². The van der Waals surface area contributed by atoms with Crippen LogP contribution >= 0.6 is 0 Å². The Morgan fingerprint density at radius 2 is 1.81 bits per heavy atom. The predicted molar refractivity (Wildman–Crippen MR) is 110 cm³/mol. The van der Waals surface area contributed by atoms with Crippen molar-refractivity contribution in [1.82, 2.24) is 5.32 Å². The smallest absolute Gasteiger partial charge is 0.151 e. The van der Waals surface area contributed by atoms with Gasteiger partial charge in [-0.15, -0.1) is 0 Å². The Morgan fingerprint density at radius 3 is 2.33 bits per heavy atom. The Hall–Kier alpha value is -1.11. The molecular weight excluding hydrogens is 362 g/mol. The fraction of sp³-hybridized carbons (Fsp3) is 0.714. The first-order valence-corrected chi connectivity index (χ1v) is 11.5. The highest BCUT2D eigenvalue weighted by molar-refractivity contribution is 7.91. The molecule has 1 aromatic rings. The fourth-order valence-electron chi connectivity index (χ4n) is 3.94. The van der Waals surface area contributed by atoms with E-state index in [2.05, 4.69) is 52.1 Å². The summed E-state index contributed by atoms with van der Waals surface area (Å²) in [6.07, 6.45) is 1.02. The number of nitrogens with one attached hydrogen (secondary N) is 1. The van der Waals surface area contributed by atoms with Gasteiger partial charge < -0.3 is 15.2 Å². The number of rotatable bonds is 8. The van der Waals surface area contributed by atoms with E-state index in [1.165, 1.54) is 5.56 Å². The third-order valence-corrected chi connectivity index (χ3v) is 6.69. The molecule has 1 aliphatic rings. The Kier molecular flexibility index (Phi) is 6.98. The largest absolute Gasteiger partial charge is 0.491 e. The summed E-state index contributed by atoms with van der Waals surface area (Å²) in [5, 5.41) is 13.2. The van der Waals surface area contributed by atoms with Crippen molar-refractivity contribution in [3.05, 3.63) is 29.8 Å². The van der Waals surface area contributed by atoms with Crippen molar-refractivity contribution >= 4 is 9.84 Å². The van der Waals surface area contributed by atoms with E-state index in [0.717, 1.165) is 12.2 Å². The van der Waals surface area contributed by atoms with Gasteiger partial charge in [-0.1, -0.05) is 46.8 Å². The minimum Gasteiger partial charge on any atom is -0.491 e. The molecule has 1 aromatic carbocycles. The van der Waals surface area contributed by atoms with Crippen molar-refractivity contribution < 1.29 is 18.3 Å². The van der Waals surface area contributed by atoms with Crippen molar-refractivity contribution in [2.75, 3.05) is 24.7 Å². The van der Waals surface area contributed by atoms with Gasteiger partial charge in [0.2, 0.25) is 0 Å². The first-order chi connectivity index (χ1) is 12.4. The second-order valence-electron chi connectivity index (χ2n) is 9.62. The topological polar surface area (TPSA) is 75.6 Å². The molecule has 2 atom stereocenters. The summed E-state index contributed by atoms with van der Waals surface area (Å²) in [5.41, 5.74) is 1.62. The zero-order valence-corrected chi connectivity index (χ0v) is 18.1. The van der Waals surface area contributed by atoms with Crippen molar-refractivity contribution in [2.24, 2.45) is 5.41 Å². The zero-order chi connectivity index (χ0) is 20.3. The van der Waals surface area contributed by atoms with Gasteiger partial charge in [-0.25, -0.2) is 8.42 Å². The Morgan fingerprint density at radius 1 is 1.19 bits per heavy atom. The number of hydrogen-bond donors (Lipinski definition) is 2. The van der Waals surface area contributed by atoms with E-state index in [-0.39, 0.29) is 35.0 Å². The molecule has 2 N–H and O–H groups in total. The maximum Gasteiger partial charge on any atom is 0.151 e. The van der Waals surface area contributed by atoms with E-state index in [1.54, 1.807) is 0 Å². The minimum absolute atomic E-state index is 0.0611. The van der Waals surface area contributed by atoms with Crippen LogP contribution in [0.5, 0.6) is 5.75 Å². The minimum atomic E-state index is -2.90. The molecule has 1 heterocycles. The number of hydrogen-bond acceptors (Lipinski definition) is 5. The summed E-state index contributed by atoms with van der Waals surface area (Å²) >= 11 is 0. The molecule has 0 amide bonds. The van der Waals surface area contributed by atoms with E-state index in [1.807, 2.05) is 12.1 Å². The summed E-state index contributed by atoms with van der Waals surface area (Å²) in [6, 6.07) is 8.02. The maximum absolute atomic E-state index is 11.4. The van der Waals surface area contributed by atoms with Crippen molar-refractivity contribution in [1.29, 1.82) is 0 Å². The molecular formula is C21H35NO4S. The average Bonchev–Trinajstić information content (AvgIpc) is 2.88. The number of benzene rings is 1. The number of sulfone groups is 1. The molecule has 1 aliphatic heterocycles. The van der Waals surface area contributed by atoms with Crippen LogP contribution in [0.15, 0.2) is 24.3 Å². The number of aliphatic hydroxyl groups is 1. The molecule has 2 rings (SSSR count). The predicted octanol–water partition coefficient (Wildman–Crippen LogP) is 2.92. The van der Waals surface area contributed by atoms with Crippen LogP contribution in [-0.4, -0.2) is 50.3 Å². The first-order valence-electron chi connectivity index (χ1n) is 9.72. The molecule has 6 heteroatoms. The summed E-state index contributed by atoms with van der Waals surface area (Å²) in [7, 11) is -2.90. The van der Waals surface area contributed by atoms with Crippen molar-refractivity contribution in [2.45, 2.75) is 65.0 Å². The SMILES string of the molecule is CC(C)(C)CC(C)(C)c1ccc(OC[C@H](O)CN[C@@H]2CCS(=O)(=O)C2)cc1. The van der Waals surface area contributed by atoms with Crippen LogP contribution in [0.25, 0.3) is 0 Å². The van der Waals surface area contributed by atoms with Crippen LogP contribution in [0, 0.1) is 5.41 Å². The van der Waals surface area contributed by atoms with Gasteiger partial charge >= 0.3 is 0 Å². The van der Waals surface area contributed by atoms with Crippen LogP contribution in [0.1, 0.15) is 53.0 Å². The molecule has 1 saturated heterocycles. The Labute approximate surface area is 164 Å². The zero-order valence-electron chi connectivity index (χ0n) is 17.3. The first kappa shape index (κ1) is 22.2. The van der Waals surface area contributed by atoms with E-state index in [4.69, 9.17) is 4.74 Å². The molecule has 154 valence electrons. The lowest BCUT2D eigenvalue weighted by atomic mass is 9.72. The van der Waals surface area contributed by atoms with Crippen LogP contribution < -0.4 is 10.1 Å². The summed E-state index contributed by atoms with van der Waals surface area (Å²) in [6.45, 7) is 11.8. The fourth-order valence-corrected chi connectivity index (χ4v) is 5.65. The van der Waals surface area contributed by atoms with Gasteiger partial charge in [-0.05, 0) is 41.4 Å². The highest BCUT2D eigenvalue weighted by Gasteiger charge is 2.28. The highest BCUT2D eigenvalue weighted by Crippen LogP contribution is 2.36. The lowest BCUT2D eigenvalue weighted by Crippen LogP contribution is -2.38. The molecule has 0 saturated carbocycles. The van der Waals surface area contributed by atoms with E-state index in [9.17, 15) is 13.5 Å². The lowest BCUT2D eigenvalue weighted by molar-refractivity contribution is 0.104. The van der Waals surface area contributed by atoms with Crippen LogP contribution in [-0.2, 0) is 15.3 Å². The molecule has 0 aromatic heterocycles. The molecule has 0 spiro atoms. The van der Waals surface area contributed by atoms with Gasteiger partial charge in [0.05, 0.1) is 11.5 Å². The van der Waals surface area contributed by atoms with Gasteiger partial charge in [0, 0.05) is 12.6 Å². The molecule has 0 radical (unpaired) electrons. The van der Waals surface area contributed by atoms with Crippen molar-refractivity contribution in [3.63, 3.8) is 0 Å². The lowest BCUT2D eigenvalue weighted by Gasteiger charge is -2.33. The Balaban J connectivity index is 1.79. The maximum atomic E-state index is 11.4. The summed E-state index contributed by atoms with van der Waals surface area (Å²) in [5.74, 6) is 1.12. The average molecular weight is 398 g/mol. The van der Waals surface area contributed by atoms with E-state index >= 15 is 0 Å². The van der Waals surface area contributed by atoms with Crippen LogP contribution in [0.3, 0.4) is 0 Å². The third-order valence-electron chi connectivity index (χ3n) is 4.93. The highest BCUT2D eigenvalue weighted by atomic mass is 32.2. The van der Waals surface area contributed by atoms with Crippen LogP contribution in [0.4, 0.5) is 0 Å². The standard InChI is InChI=1S/C21H35NO4S/c1-20(2,3)15-21(4,5)16-6-8-19(9-7-16)26-13-18(23)12-22-17-10-11-27(24,25)14-17/h6-9,17-18,22-23H,10-15H2,1-5H3/t17-,18-/m1/s1. The molecule has 0 bridgehead atoms. The van der Waals surface area contributed by atoms with Gasteiger partial charge in [-0.2, -0.15) is 0 Å². The Bertz CT molecular complexity index is 705.